The monoisotopic (exact) mass is 185 g/mol. The van der Waals surface area contributed by atoms with Gasteiger partial charge in [-0.15, -0.1) is 0 Å². The van der Waals surface area contributed by atoms with Gasteiger partial charge in [0.15, 0.2) is 0 Å². The lowest BCUT2D eigenvalue weighted by Crippen LogP contribution is -2.38. The Hall–Kier alpha value is -0.0551. The van der Waals surface area contributed by atoms with Crippen molar-refractivity contribution in [2.24, 2.45) is 0 Å². The predicted octanol–water partition coefficient (Wildman–Crippen LogP) is 1.53. The number of hydrogen-bond donors (Lipinski definition) is 0. The average Bonchev–Trinajstić information content (AvgIpc) is 2.59. The Balaban J connectivity index is 2.18. The van der Waals surface area contributed by atoms with Crippen LogP contribution < -0.4 is 0 Å². The second-order valence-corrected chi connectivity index (χ2v) is 3.44. The van der Waals surface area contributed by atoms with Crippen molar-refractivity contribution in [2.45, 2.75) is 33.1 Å². The van der Waals surface area contributed by atoms with Gasteiger partial charge in [0.2, 0.25) is 0 Å². The minimum Gasteiger partial charge on any atom is -0.397 e. The van der Waals surface area contributed by atoms with Gasteiger partial charge >= 0.3 is 7.25 Å². The molecule has 0 aliphatic carbocycles. The minimum absolute atomic E-state index is 0.0634. The predicted molar refractivity (Wildman–Crippen MR) is 54.4 cm³/mol. The number of rotatable bonds is 6. The standard InChI is InChI=1S/C9H20BNO2/c1-3-5-6-11-7-9-13-10(11)12-8-4-2/h3-9H2,1-2H3. The summed E-state index contributed by atoms with van der Waals surface area (Å²) < 4.78 is 11.0. The van der Waals surface area contributed by atoms with E-state index in [1.807, 2.05) is 0 Å². The van der Waals surface area contributed by atoms with Crippen LogP contribution in [0.5, 0.6) is 0 Å². The lowest BCUT2D eigenvalue weighted by Gasteiger charge is -2.17. The summed E-state index contributed by atoms with van der Waals surface area (Å²) >= 11 is 0. The summed E-state index contributed by atoms with van der Waals surface area (Å²) in [5, 5.41) is 0. The maximum Gasteiger partial charge on any atom is 0.557 e. The van der Waals surface area contributed by atoms with Gasteiger partial charge in [0, 0.05) is 19.8 Å². The zero-order chi connectivity index (χ0) is 9.52. The summed E-state index contributed by atoms with van der Waals surface area (Å²) in [6, 6.07) is 0. The molecule has 0 aromatic rings. The average molecular weight is 185 g/mol. The summed E-state index contributed by atoms with van der Waals surface area (Å²) in [5.74, 6) is 0. The second kappa shape index (κ2) is 6.41. The topological polar surface area (TPSA) is 21.7 Å². The molecule has 0 radical (unpaired) electrons. The van der Waals surface area contributed by atoms with Gasteiger partial charge in [-0.2, -0.15) is 0 Å². The highest BCUT2D eigenvalue weighted by Crippen LogP contribution is 2.08. The van der Waals surface area contributed by atoms with Crippen LogP contribution in [0.3, 0.4) is 0 Å². The smallest absolute Gasteiger partial charge is 0.397 e. The lowest BCUT2D eigenvalue weighted by molar-refractivity contribution is 0.205. The fourth-order valence-corrected chi connectivity index (χ4v) is 1.43. The molecule has 13 heavy (non-hydrogen) atoms. The van der Waals surface area contributed by atoms with E-state index in [9.17, 15) is 0 Å². The molecule has 0 saturated carbocycles. The van der Waals surface area contributed by atoms with E-state index in [0.29, 0.717) is 0 Å². The molecule has 1 aliphatic rings. The Labute approximate surface area is 81.6 Å². The van der Waals surface area contributed by atoms with E-state index in [2.05, 4.69) is 18.7 Å². The zero-order valence-electron chi connectivity index (χ0n) is 8.79. The Morgan fingerprint density at radius 1 is 1.38 bits per heavy atom. The molecule has 0 bridgehead atoms. The molecule has 0 amide bonds. The van der Waals surface area contributed by atoms with Crippen LogP contribution >= 0.6 is 0 Å². The summed E-state index contributed by atoms with van der Waals surface area (Å²) in [4.78, 5) is 2.28. The van der Waals surface area contributed by atoms with Crippen molar-refractivity contribution < 1.29 is 9.31 Å². The van der Waals surface area contributed by atoms with Gasteiger partial charge in [0.25, 0.3) is 0 Å². The van der Waals surface area contributed by atoms with Gasteiger partial charge in [-0.05, 0) is 19.4 Å². The first-order valence-corrected chi connectivity index (χ1v) is 5.35. The first-order chi connectivity index (χ1) is 6.38. The van der Waals surface area contributed by atoms with Crippen LogP contribution in [-0.2, 0) is 9.31 Å². The summed E-state index contributed by atoms with van der Waals surface area (Å²) in [6.07, 6.45) is 3.52. The van der Waals surface area contributed by atoms with Gasteiger partial charge < -0.3 is 9.31 Å². The van der Waals surface area contributed by atoms with E-state index in [0.717, 1.165) is 32.7 Å². The van der Waals surface area contributed by atoms with E-state index in [-0.39, 0.29) is 7.25 Å². The molecular weight excluding hydrogens is 165 g/mol. The molecule has 1 saturated heterocycles. The molecule has 0 aromatic carbocycles. The van der Waals surface area contributed by atoms with Crippen molar-refractivity contribution in [1.29, 1.82) is 0 Å². The fourth-order valence-electron chi connectivity index (χ4n) is 1.43. The minimum atomic E-state index is -0.0634. The molecule has 0 atom stereocenters. The molecule has 1 rings (SSSR count). The zero-order valence-corrected chi connectivity index (χ0v) is 8.79. The van der Waals surface area contributed by atoms with Crippen molar-refractivity contribution >= 4 is 7.25 Å². The SMILES string of the molecule is CCCCN1CCOB1OCCC. The molecule has 1 aliphatic heterocycles. The Morgan fingerprint density at radius 2 is 2.23 bits per heavy atom. The molecule has 0 aromatic heterocycles. The number of hydrogen-bond acceptors (Lipinski definition) is 3. The van der Waals surface area contributed by atoms with Crippen molar-refractivity contribution in [2.75, 3.05) is 26.3 Å². The lowest BCUT2D eigenvalue weighted by atomic mass is 10.1. The van der Waals surface area contributed by atoms with Crippen LogP contribution in [0, 0.1) is 0 Å². The van der Waals surface area contributed by atoms with Crippen LogP contribution in [0.1, 0.15) is 33.1 Å². The van der Waals surface area contributed by atoms with Crippen LogP contribution in [-0.4, -0.2) is 38.4 Å². The van der Waals surface area contributed by atoms with E-state index < -0.39 is 0 Å². The number of nitrogens with zero attached hydrogens (tertiary/aromatic N) is 1. The summed E-state index contributed by atoms with van der Waals surface area (Å²) in [6.45, 7) is 8.06. The van der Waals surface area contributed by atoms with Crippen LogP contribution in [0.4, 0.5) is 0 Å². The molecule has 1 fully saturated rings. The van der Waals surface area contributed by atoms with Gasteiger partial charge in [0.05, 0.1) is 0 Å². The fraction of sp³-hybridized carbons (Fsp3) is 1.00. The maximum atomic E-state index is 5.57. The molecular formula is C9H20BNO2. The molecule has 4 heteroatoms. The summed E-state index contributed by atoms with van der Waals surface area (Å²) in [5.41, 5.74) is 0. The highest BCUT2D eigenvalue weighted by atomic mass is 16.6. The quantitative estimate of drug-likeness (QED) is 0.585. The van der Waals surface area contributed by atoms with Gasteiger partial charge in [-0.3, -0.25) is 4.81 Å². The van der Waals surface area contributed by atoms with E-state index >= 15 is 0 Å². The highest BCUT2D eigenvalue weighted by Gasteiger charge is 2.32. The largest absolute Gasteiger partial charge is 0.557 e. The van der Waals surface area contributed by atoms with Gasteiger partial charge in [0.1, 0.15) is 0 Å². The third-order valence-corrected chi connectivity index (χ3v) is 2.20. The van der Waals surface area contributed by atoms with E-state index in [4.69, 9.17) is 9.31 Å². The maximum absolute atomic E-state index is 5.57. The van der Waals surface area contributed by atoms with Crippen LogP contribution in [0.25, 0.3) is 0 Å². The molecule has 3 nitrogen and oxygen atoms in total. The van der Waals surface area contributed by atoms with E-state index in [1.54, 1.807) is 0 Å². The van der Waals surface area contributed by atoms with Crippen LogP contribution in [0.15, 0.2) is 0 Å². The van der Waals surface area contributed by atoms with Crippen molar-refractivity contribution in [1.82, 2.24) is 4.81 Å². The van der Waals surface area contributed by atoms with Gasteiger partial charge in [-0.25, -0.2) is 0 Å². The molecule has 0 spiro atoms. The second-order valence-electron chi connectivity index (χ2n) is 3.44. The van der Waals surface area contributed by atoms with E-state index in [1.165, 1.54) is 12.8 Å². The van der Waals surface area contributed by atoms with Gasteiger partial charge in [-0.1, -0.05) is 20.3 Å². The van der Waals surface area contributed by atoms with Crippen molar-refractivity contribution in [3.8, 4) is 0 Å². The Morgan fingerprint density at radius 3 is 2.92 bits per heavy atom. The third kappa shape index (κ3) is 3.67. The van der Waals surface area contributed by atoms with Crippen molar-refractivity contribution in [3.63, 3.8) is 0 Å². The highest BCUT2D eigenvalue weighted by molar-refractivity contribution is 6.41. The molecule has 0 N–H and O–H groups in total. The Bertz CT molecular complexity index is 121. The molecule has 1 heterocycles. The Kier molecular flexibility index (Phi) is 5.43. The summed E-state index contributed by atoms with van der Waals surface area (Å²) in [7, 11) is -0.0634. The first kappa shape index (κ1) is 11.0. The number of unbranched alkanes of at least 4 members (excludes halogenated alkanes) is 1. The van der Waals surface area contributed by atoms with Crippen molar-refractivity contribution in [3.05, 3.63) is 0 Å². The normalized spacial score (nSPS) is 18.5. The molecule has 76 valence electrons. The third-order valence-electron chi connectivity index (χ3n) is 2.20. The van der Waals surface area contributed by atoms with Crippen LogP contribution in [0.2, 0.25) is 0 Å². The molecule has 0 unspecified atom stereocenters. The first-order valence-electron chi connectivity index (χ1n) is 5.35.